The Balaban J connectivity index is 2.18. The Labute approximate surface area is 134 Å². The van der Waals surface area contributed by atoms with E-state index in [0.717, 1.165) is 16.8 Å². The molecule has 0 saturated carbocycles. The second-order valence-corrected chi connectivity index (χ2v) is 6.87. The van der Waals surface area contributed by atoms with Gasteiger partial charge in [0, 0.05) is 39.8 Å². The topological polar surface area (TPSA) is 45.8 Å². The number of hydrogen-bond acceptors (Lipinski definition) is 2. The van der Waals surface area contributed by atoms with Gasteiger partial charge in [0.15, 0.2) is 5.43 Å². The molecule has 1 aromatic carbocycles. The van der Waals surface area contributed by atoms with E-state index in [-0.39, 0.29) is 10.8 Å². The maximum absolute atomic E-state index is 13.3. The number of H-pyrrole nitrogens is 1. The first-order valence-electron chi connectivity index (χ1n) is 7.56. The number of aromatic nitrogens is 2. The van der Waals surface area contributed by atoms with Gasteiger partial charge in [-0.1, -0.05) is 20.8 Å². The highest BCUT2D eigenvalue weighted by Gasteiger charge is 2.17. The molecule has 0 aliphatic rings. The Morgan fingerprint density at radius 1 is 1.13 bits per heavy atom. The van der Waals surface area contributed by atoms with Crippen molar-refractivity contribution < 1.29 is 4.39 Å². The molecule has 3 nitrogen and oxygen atoms in total. The van der Waals surface area contributed by atoms with Gasteiger partial charge in [-0.2, -0.15) is 0 Å². The van der Waals surface area contributed by atoms with Crippen molar-refractivity contribution in [1.82, 2.24) is 9.97 Å². The van der Waals surface area contributed by atoms with Gasteiger partial charge in [0.2, 0.25) is 0 Å². The molecule has 1 N–H and O–H groups in total. The summed E-state index contributed by atoms with van der Waals surface area (Å²) in [6.07, 6.45) is 1.79. The third-order valence-corrected chi connectivity index (χ3v) is 3.96. The zero-order chi connectivity index (χ0) is 16.8. The van der Waals surface area contributed by atoms with Gasteiger partial charge in [0.05, 0.1) is 5.69 Å². The average Bonchev–Trinajstić information content (AvgIpc) is 2.47. The van der Waals surface area contributed by atoms with Gasteiger partial charge >= 0.3 is 0 Å². The van der Waals surface area contributed by atoms with Crippen LogP contribution in [0.15, 0.2) is 41.3 Å². The van der Waals surface area contributed by atoms with E-state index in [1.54, 1.807) is 12.3 Å². The first-order chi connectivity index (χ1) is 10.8. The Hall–Kier alpha value is -2.49. The van der Waals surface area contributed by atoms with Crippen LogP contribution in [0.25, 0.3) is 22.2 Å². The van der Waals surface area contributed by atoms with Crippen LogP contribution in [-0.2, 0) is 5.41 Å². The van der Waals surface area contributed by atoms with Crippen molar-refractivity contribution in [3.8, 4) is 11.3 Å². The van der Waals surface area contributed by atoms with E-state index < -0.39 is 5.82 Å². The minimum Gasteiger partial charge on any atom is -0.354 e. The van der Waals surface area contributed by atoms with E-state index in [1.165, 1.54) is 18.2 Å². The molecular formula is C19H19FN2O. The van der Waals surface area contributed by atoms with Crippen LogP contribution in [0.3, 0.4) is 0 Å². The van der Waals surface area contributed by atoms with Gasteiger partial charge in [-0.3, -0.25) is 9.78 Å². The van der Waals surface area contributed by atoms with Crippen molar-refractivity contribution in [2.24, 2.45) is 0 Å². The van der Waals surface area contributed by atoms with Crippen LogP contribution < -0.4 is 5.43 Å². The molecule has 0 fully saturated rings. The number of pyridine rings is 2. The predicted octanol–water partition coefficient (Wildman–Crippen LogP) is 4.34. The van der Waals surface area contributed by atoms with Gasteiger partial charge < -0.3 is 4.98 Å². The SMILES string of the molecule is Cc1cc(C(C)(C)C)ncc1-c1cc(=O)c2cc(F)ccc2[nH]1. The lowest BCUT2D eigenvalue weighted by molar-refractivity contribution is 0.568. The third-order valence-electron chi connectivity index (χ3n) is 3.96. The van der Waals surface area contributed by atoms with Gasteiger partial charge in [-0.25, -0.2) is 4.39 Å². The molecule has 0 saturated heterocycles. The number of nitrogens with zero attached hydrogens (tertiary/aromatic N) is 1. The maximum atomic E-state index is 13.3. The van der Waals surface area contributed by atoms with E-state index in [0.29, 0.717) is 16.6 Å². The van der Waals surface area contributed by atoms with Crippen LogP contribution in [0.1, 0.15) is 32.0 Å². The standard InChI is InChI=1S/C19H19FN2O/c1-11-7-18(19(2,3)4)21-10-14(11)16-9-17(23)13-8-12(20)5-6-15(13)22-16/h5-10H,1-4H3,(H,22,23). The summed E-state index contributed by atoms with van der Waals surface area (Å²) in [6, 6.07) is 7.73. The fraction of sp³-hybridized carbons (Fsp3) is 0.263. The molecule has 3 aromatic rings. The van der Waals surface area contributed by atoms with Crippen molar-refractivity contribution in [3.63, 3.8) is 0 Å². The van der Waals surface area contributed by atoms with Gasteiger partial charge in [-0.05, 0) is 36.8 Å². The number of nitrogens with one attached hydrogen (secondary N) is 1. The molecule has 0 unspecified atom stereocenters. The first-order valence-corrected chi connectivity index (χ1v) is 7.56. The molecule has 2 aromatic heterocycles. The van der Waals surface area contributed by atoms with Crippen molar-refractivity contribution in [1.29, 1.82) is 0 Å². The summed E-state index contributed by atoms with van der Waals surface area (Å²) in [5.41, 5.74) is 4.00. The average molecular weight is 310 g/mol. The summed E-state index contributed by atoms with van der Waals surface area (Å²) >= 11 is 0. The molecule has 0 aliphatic carbocycles. The van der Waals surface area contributed by atoms with Crippen LogP contribution in [0.5, 0.6) is 0 Å². The quantitative estimate of drug-likeness (QED) is 0.727. The van der Waals surface area contributed by atoms with Crippen LogP contribution in [0, 0.1) is 12.7 Å². The smallest absolute Gasteiger partial charge is 0.190 e. The molecule has 0 aliphatic heterocycles. The molecule has 0 bridgehead atoms. The van der Waals surface area contributed by atoms with Crippen molar-refractivity contribution >= 4 is 10.9 Å². The zero-order valence-electron chi connectivity index (χ0n) is 13.7. The van der Waals surface area contributed by atoms with Crippen LogP contribution >= 0.6 is 0 Å². The molecule has 2 heterocycles. The summed E-state index contributed by atoms with van der Waals surface area (Å²) in [7, 11) is 0. The van der Waals surface area contributed by atoms with E-state index >= 15 is 0 Å². The van der Waals surface area contributed by atoms with E-state index in [2.05, 4.69) is 30.7 Å². The van der Waals surface area contributed by atoms with E-state index in [4.69, 9.17) is 0 Å². The molecule has 3 rings (SSSR count). The molecule has 0 radical (unpaired) electrons. The normalized spacial score (nSPS) is 11.9. The summed E-state index contributed by atoms with van der Waals surface area (Å²) in [5, 5.41) is 0.352. The number of fused-ring (bicyclic) bond motifs is 1. The molecular weight excluding hydrogens is 291 g/mol. The predicted molar refractivity (Wildman–Crippen MR) is 91.2 cm³/mol. The van der Waals surface area contributed by atoms with Crippen LogP contribution in [0.4, 0.5) is 4.39 Å². The molecule has 0 spiro atoms. The monoisotopic (exact) mass is 310 g/mol. The highest BCUT2D eigenvalue weighted by molar-refractivity contribution is 5.81. The van der Waals surface area contributed by atoms with Gasteiger partial charge in [-0.15, -0.1) is 0 Å². The fourth-order valence-electron chi connectivity index (χ4n) is 2.61. The zero-order valence-corrected chi connectivity index (χ0v) is 13.7. The van der Waals surface area contributed by atoms with Gasteiger partial charge in [0.25, 0.3) is 0 Å². The number of benzene rings is 1. The Morgan fingerprint density at radius 3 is 2.52 bits per heavy atom. The van der Waals surface area contributed by atoms with Crippen molar-refractivity contribution in [2.45, 2.75) is 33.1 Å². The maximum Gasteiger partial charge on any atom is 0.190 e. The summed E-state index contributed by atoms with van der Waals surface area (Å²) in [4.78, 5) is 20.0. The lowest BCUT2D eigenvalue weighted by Crippen LogP contribution is -2.14. The second-order valence-electron chi connectivity index (χ2n) is 6.87. The summed E-state index contributed by atoms with van der Waals surface area (Å²) < 4.78 is 13.3. The largest absolute Gasteiger partial charge is 0.354 e. The van der Waals surface area contributed by atoms with E-state index in [1.807, 2.05) is 13.0 Å². The number of halogens is 1. The summed E-state index contributed by atoms with van der Waals surface area (Å²) in [5.74, 6) is -0.414. The second kappa shape index (κ2) is 5.30. The van der Waals surface area contributed by atoms with Crippen LogP contribution in [0.2, 0.25) is 0 Å². The minimum atomic E-state index is -0.414. The molecule has 118 valence electrons. The minimum absolute atomic E-state index is 0.0301. The highest BCUT2D eigenvalue weighted by atomic mass is 19.1. The van der Waals surface area contributed by atoms with Gasteiger partial charge in [0.1, 0.15) is 5.82 Å². The van der Waals surface area contributed by atoms with E-state index in [9.17, 15) is 9.18 Å². The fourth-order valence-corrected chi connectivity index (χ4v) is 2.61. The van der Waals surface area contributed by atoms with Crippen LogP contribution in [-0.4, -0.2) is 9.97 Å². The number of aryl methyl sites for hydroxylation is 1. The molecule has 0 amide bonds. The first kappa shape index (κ1) is 15.4. The van der Waals surface area contributed by atoms with Crippen molar-refractivity contribution in [3.05, 3.63) is 63.8 Å². The van der Waals surface area contributed by atoms with Crippen molar-refractivity contribution in [2.75, 3.05) is 0 Å². The number of aromatic amines is 1. The Bertz CT molecular complexity index is 952. The third kappa shape index (κ3) is 2.89. The summed E-state index contributed by atoms with van der Waals surface area (Å²) in [6.45, 7) is 8.34. The Morgan fingerprint density at radius 2 is 1.87 bits per heavy atom. The lowest BCUT2D eigenvalue weighted by Gasteiger charge is -2.19. The molecule has 4 heteroatoms. The highest BCUT2D eigenvalue weighted by Crippen LogP contribution is 2.26. The number of hydrogen-bond donors (Lipinski definition) is 1. The lowest BCUT2D eigenvalue weighted by atomic mass is 9.90. The molecule has 0 atom stereocenters. The Kier molecular flexibility index (Phi) is 3.55. The number of rotatable bonds is 1. The molecule has 23 heavy (non-hydrogen) atoms.